The first-order valence-electron chi connectivity index (χ1n) is 7.45. The minimum atomic E-state index is -0.516. The number of methoxy groups -OCH3 is 1. The van der Waals surface area contributed by atoms with Crippen LogP contribution in [0, 0.1) is 5.92 Å². The number of nitrogens with one attached hydrogen (secondary N) is 1. The molecule has 0 aliphatic carbocycles. The third-order valence-corrected chi connectivity index (χ3v) is 3.88. The van der Waals surface area contributed by atoms with Gasteiger partial charge in [-0.05, 0) is 29.0 Å². The van der Waals surface area contributed by atoms with E-state index in [1.807, 2.05) is 32.0 Å². The number of amides is 1. The van der Waals surface area contributed by atoms with Crippen molar-refractivity contribution in [1.82, 2.24) is 0 Å². The molecule has 0 fully saturated rings. The van der Waals surface area contributed by atoms with Crippen molar-refractivity contribution in [3.8, 4) is 5.75 Å². The fourth-order valence-corrected chi connectivity index (χ4v) is 2.00. The van der Waals surface area contributed by atoms with E-state index in [1.54, 1.807) is 7.11 Å². The largest absolute Gasteiger partial charge is 0.495 e. The van der Waals surface area contributed by atoms with Crippen molar-refractivity contribution in [3.63, 3.8) is 0 Å². The molecule has 0 radical (unpaired) electrons. The molecule has 0 heterocycles. The lowest BCUT2D eigenvalue weighted by Gasteiger charge is -2.22. The van der Waals surface area contributed by atoms with Gasteiger partial charge >= 0.3 is 0 Å². The molecule has 1 aromatic carbocycles. The van der Waals surface area contributed by atoms with Gasteiger partial charge < -0.3 is 15.8 Å². The summed E-state index contributed by atoms with van der Waals surface area (Å²) in [7, 11) is 1.59. The standard InChI is InChI=1S/C17H28N2O2/c1-7-11(2)15(18)16(20)19-13-10-12(17(3,4)5)8-9-14(13)21-6/h8-11,15H,7,18H2,1-6H3,(H,19,20)/t11-,15-/m0/s1. The Morgan fingerprint density at radius 1 is 1.38 bits per heavy atom. The minimum absolute atomic E-state index is 0.00454. The summed E-state index contributed by atoms with van der Waals surface area (Å²) in [4.78, 5) is 12.3. The number of nitrogens with two attached hydrogens (primary N) is 1. The van der Waals surface area contributed by atoms with Crippen LogP contribution in [-0.2, 0) is 10.2 Å². The maximum atomic E-state index is 12.3. The van der Waals surface area contributed by atoms with E-state index in [4.69, 9.17) is 10.5 Å². The lowest BCUT2D eigenvalue weighted by Crippen LogP contribution is -2.40. The van der Waals surface area contributed by atoms with E-state index in [-0.39, 0.29) is 17.2 Å². The van der Waals surface area contributed by atoms with Gasteiger partial charge in [0, 0.05) is 0 Å². The predicted molar refractivity (Wildman–Crippen MR) is 87.8 cm³/mol. The van der Waals surface area contributed by atoms with Gasteiger partial charge in [-0.3, -0.25) is 4.79 Å². The Kier molecular flexibility index (Phi) is 5.78. The zero-order chi connectivity index (χ0) is 16.2. The van der Waals surface area contributed by atoms with Gasteiger partial charge in [0.15, 0.2) is 0 Å². The Morgan fingerprint density at radius 3 is 2.48 bits per heavy atom. The normalized spacial score (nSPS) is 14.4. The second-order valence-electron chi connectivity index (χ2n) is 6.57. The van der Waals surface area contributed by atoms with E-state index in [0.717, 1.165) is 12.0 Å². The van der Waals surface area contributed by atoms with Gasteiger partial charge in [-0.1, -0.05) is 47.1 Å². The number of carbonyl (C=O) groups excluding carboxylic acids is 1. The molecule has 21 heavy (non-hydrogen) atoms. The molecule has 1 amide bonds. The second-order valence-corrected chi connectivity index (χ2v) is 6.57. The van der Waals surface area contributed by atoms with Crippen LogP contribution in [0.5, 0.6) is 5.75 Å². The van der Waals surface area contributed by atoms with E-state index in [0.29, 0.717) is 11.4 Å². The summed E-state index contributed by atoms with van der Waals surface area (Å²) >= 11 is 0. The van der Waals surface area contributed by atoms with Crippen LogP contribution in [0.2, 0.25) is 0 Å². The molecule has 3 N–H and O–H groups in total. The molecule has 118 valence electrons. The van der Waals surface area contributed by atoms with E-state index in [9.17, 15) is 4.79 Å². The molecular formula is C17H28N2O2. The summed E-state index contributed by atoms with van der Waals surface area (Å²) < 4.78 is 5.32. The van der Waals surface area contributed by atoms with Crippen LogP contribution in [-0.4, -0.2) is 19.1 Å². The number of carbonyl (C=O) groups is 1. The average molecular weight is 292 g/mol. The zero-order valence-electron chi connectivity index (χ0n) is 14.0. The smallest absolute Gasteiger partial charge is 0.241 e. The van der Waals surface area contributed by atoms with Crippen LogP contribution in [0.3, 0.4) is 0 Å². The highest BCUT2D eigenvalue weighted by atomic mass is 16.5. The summed E-state index contributed by atoms with van der Waals surface area (Å²) in [5.74, 6) is 0.614. The molecule has 4 heteroatoms. The molecule has 2 atom stereocenters. The van der Waals surface area contributed by atoms with Crippen molar-refractivity contribution >= 4 is 11.6 Å². The third-order valence-electron chi connectivity index (χ3n) is 3.88. The Morgan fingerprint density at radius 2 is 2.00 bits per heavy atom. The first-order chi connectivity index (χ1) is 9.70. The fraction of sp³-hybridized carbons (Fsp3) is 0.588. The Bertz CT molecular complexity index is 492. The molecule has 0 saturated heterocycles. The molecule has 0 aromatic heterocycles. The van der Waals surface area contributed by atoms with Crippen molar-refractivity contribution in [3.05, 3.63) is 23.8 Å². The minimum Gasteiger partial charge on any atom is -0.495 e. The molecule has 4 nitrogen and oxygen atoms in total. The predicted octanol–water partition coefficient (Wildman–Crippen LogP) is 3.30. The van der Waals surface area contributed by atoms with E-state index in [2.05, 4.69) is 26.1 Å². The number of hydrogen-bond acceptors (Lipinski definition) is 3. The van der Waals surface area contributed by atoms with Crippen LogP contribution >= 0.6 is 0 Å². The molecule has 1 rings (SSSR count). The number of ether oxygens (including phenoxy) is 1. The average Bonchev–Trinajstić information content (AvgIpc) is 2.44. The first kappa shape index (κ1) is 17.5. The zero-order valence-corrected chi connectivity index (χ0v) is 14.0. The monoisotopic (exact) mass is 292 g/mol. The Balaban J connectivity index is 3.03. The summed E-state index contributed by atoms with van der Waals surface area (Å²) in [6.45, 7) is 10.4. The van der Waals surface area contributed by atoms with Gasteiger partial charge in [0.1, 0.15) is 5.75 Å². The van der Waals surface area contributed by atoms with Crippen molar-refractivity contribution in [2.24, 2.45) is 11.7 Å². The van der Waals surface area contributed by atoms with Gasteiger partial charge in [0.05, 0.1) is 18.8 Å². The molecule has 0 unspecified atom stereocenters. The van der Waals surface area contributed by atoms with E-state index >= 15 is 0 Å². The third kappa shape index (κ3) is 4.46. The lowest BCUT2D eigenvalue weighted by molar-refractivity contribution is -0.118. The highest BCUT2D eigenvalue weighted by molar-refractivity contribution is 5.96. The van der Waals surface area contributed by atoms with Crippen molar-refractivity contribution in [2.45, 2.75) is 52.5 Å². The first-order valence-corrected chi connectivity index (χ1v) is 7.45. The van der Waals surface area contributed by atoms with Crippen molar-refractivity contribution < 1.29 is 9.53 Å². The van der Waals surface area contributed by atoms with Crippen LogP contribution < -0.4 is 15.8 Å². The highest BCUT2D eigenvalue weighted by Crippen LogP contribution is 2.31. The topological polar surface area (TPSA) is 64.4 Å². The molecule has 0 aliphatic heterocycles. The maximum absolute atomic E-state index is 12.3. The molecule has 0 spiro atoms. The molecule has 1 aromatic rings. The second kappa shape index (κ2) is 6.94. The molecular weight excluding hydrogens is 264 g/mol. The van der Waals surface area contributed by atoms with Gasteiger partial charge in [-0.2, -0.15) is 0 Å². The summed E-state index contributed by atoms with van der Waals surface area (Å²) in [6.07, 6.45) is 0.869. The van der Waals surface area contributed by atoms with Gasteiger partial charge in [0.2, 0.25) is 5.91 Å². The van der Waals surface area contributed by atoms with Gasteiger partial charge in [-0.15, -0.1) is 0 Å². The van der Waals surface area contributed by atoms with Crippen LogP contribution in [0.15, 0.2) is 18.2 Å². The number of anilines is 1. The quantitative estimate of drug-likeness (QED) is 0.875. The number of benzene rings is 1. The summed E-state index contributed by atoms with van der Waals surface area (Å²) in [5, 5.41) is 2.90. The van der Waals surface area contributed by atoms with Crippen LogP contribution in [0.4, 0.5) is 5.69 Å². The SMILES string of the molecule is CC[C@H](C)[C@H](N)C(=O)Nc1cc(C(C)(C)C)ccc1OC. The van der Waals surface area contributed by atoms with E-state index in [1.165, 1.54) is 0 Å². The Hall–Kier alpha value is -1.55. The maximum Gasteiger partial charge on any atom is 0.241 e. The fourth-order valence-electron chi connectivity index (χ4n) is 2.00. The van der Waals surface area contributed by atoms with Gasteiger partial charge in [-0.25, -0.2) is 0 Å². The number of hydrogen-bond donors (Lipinski definition) is 2. The van der Waals surface area contributed by atoms with Crippen molar-refractivity contribution in [1.29, 1.82) is 0 Å². The molecule has 0 aliphatic rings. The van der Waals surface area contributed by atoms with Crippen LogP contribution in [0.1, 0.15) is 46.6 Å². The highest BCUT2D eigenvalue weighted by Gasteiger charge is 2.22. The Labute approximate surface area is 128 Å². The molecule has 0 bridgehead atoms. The summed E-state index contributed by atoms with van der Waals surface area (Å²) in [5.41, 5.74) is 7.80. The number of rotatable bonds is 5. The van der Waals surface area contributed by atoms with Crippen LogP contribution in [0.25, 0.3) is 0 Å². The van der Waals surface area contributed by atoms with Gasteiger partial charge in [0.25, 0.3) is 0 Å². The molecule has 0 saturated carbocycles. The lowest BCUT2D eigenvalue weighted by atomic mass is 9.86. The van der Waals surface area contributed by atoms with E-state index < -0.39 is 6.04 Å². The van der Waals surface area contributed by atoms with Crippen molar-refractivity contribution in [2.75, 3.05) is 12.4 Å². The summed E-state index contributed by atoms with van der Waals surface area (Å²) in [6, 6.07) is 5.34.